The van der Waals surface area contributed by atoms with Crippen molar-refractivity contribution >= 4 is 76.7 Å². The zero-order valence-electron chi connectivity index (χ0n) is 85.6. The van der Waals surface area contributed by atoms with Gasteiger partial charge in [-0.3, -0.25) is 48.6 Å². The van der Waals surface area contributed by atoms with Crippen molar-refractivity contribution in [2.75, 3.05) is 71.9 Å². The van der Waals surface area contributed by atoms with Gasteiger partial charge >= 0.3 is 18.1 Å². The lowest BCUT2D eigenvalue weighted by molar-refractivity contribution is -0.337. The van der Waals surface area contributed by atoms with E-state index in [1.54, 1.807) is 158 Å². The number of urea groups is 1. The number of aliphatic hydroxyl groups excluding tert-OH is 11. The molecular weight excluding hydrogens is 1920 g/mol. The van der Waals surface area contributed by atoms with Gasteiger partial charge in [0.2, 0.25) is 47.3 Å². The maximum atomic E-state index is 15.1. The summed E-state index contributed by atoms with van der Waals surface area (Å²) in [7, 11) is 7.07. The van der Waals surface area contributed by atoms with Crippen LogP contribution in [0.25, 0.3) is 22.5 Å². The van der Waals surface area contributed by atoms with E-state index in [9.17, 15) is 109 Å². The molecule has 0 bridgehead atoms. The molecule has 47 nitrogen and oxygen atoms in total. The molecule has 814 valence electrons. The van der Waals surface area contributed by atoms with Crippen molar-refractivity contribution in [3.63, 3.8) is 0 Å². The number of nitrogens with one attached hydrogen (secondary N) is 7. The van der Waals surface area contributed by atoms with Gasteiger partial charge < -0.3 is 156 Å². The fourth-order valence-corrected chi connectivity index (χ4v) is 19.6. The lowest BCUT2D eigenvalue weighted by Crippen LogP contribution is -2.68. The molecule has 5 aliphatic heterocycles. The maximum absolute atomic E-state index is 15.1. The van der Waals surface area contributed by atoms with Gasteiger partial charge in [-0.15, -0.1) is 5.10 Å². The molecule has 29 atom stereocenters. The van der Waals surface area contributed by atoms with E-state index < -0.39 is 280 Å². The fraction of sp³-hybridized carbons (Fsp3) is 0.630. The van der Waals surface area contributed by atoms with E-state index in [0.29, 0.717) is 48.1 Å². The standard InChI is InChI=1S/C100H147N15O32/c1-17-52(8)77(66(139-14)43-71(121)113-42-26-34-64(113)86(140-15)53(9)89(129)103-54(10)87(57-27-19-18-20-28-57)146-96-84(127)81(124)79(122)67(46-116)144-96)111(12)93(133)73(50(4)5)108-92(132)76(51(6)7)112(13)99(138)142-47-56-35-37-59(38-36-56)105-90(130)62(32-25-41-102-98(101)137)106-91(131)72(49(2)3)107-69(119)39-40-70(120)114-45-58-29-21-22-30-60(58)74-78(61-31-23-24-33-63(61)114)115(110-109-74)94(134)85(128)88-75(104-55(11)117)65(118)44-100(147-88,97(135)136)143-48-68-80(123)82(125)83(126)95(141-16)145-68/h18-24,27-31,33,35-38,49-54,62,64-68,72-73,75-77,79-89,94-96,103,116,118,122-129,134H,17,25-26,32,34,39-48H2,1-16H3,(H,104,117)(H,105,130)(H,106,131)(H,107,119)(H,108,132)(H,135,136)(H3,101,102,137). The van der Waals surface area contributed by atoms with Crippen molar-refractivity contribution < 1.29 is 157 Å². The maximum Gasteiger partial charge on any atom is 0.410 e. The van der Waals surface area contributed by atoms with Crippen LogP contribution in [0.4, 0.5) is 21.0 Å². The number of nitrogens with two attached hydrogens (primary N) is 1. The molecule has 147 heavy (non-hydrogen) atoms. The first-order valence-corrected chi connectivity index (χ1v) is 49.5. The van der Waals surface area contributed by atoms with Gasteiger partial charge in [-0.25, -0.2) is 19.1 Å². The summed E-state index contributed by atoms with van der Waals surface area (Å²) in [5.74, 6) is -12.6. The number of hydrogen-bond donors (Lipinski definition) is 20. The molecule has 0 spiro atoms. The van der Waals surface area contributed by atoms with Crippen LogP contribution < -0.4 is 47.9 Å². The number of methoxy groups -OCH3 is 3. The highest BCUT2D eigenvalue weighted by atomic mass is 16.7. The summed E-state index contributed by atoms with van der Waals surface area (Å²) in [5, 5.41) is 161. The van der Waals surface area contributed by atoms with E-state index in [1.165, 1.54) is 43.2 Å². The van der Waals surface area contributed by atoms with E-state index in [2.05, 4.69) is 47.5 Å². The van der Waals surface area contributed by atoms with Gasteiger partial charge in [0.25, 0.3) is 5.79 Å². The van der Waals surface area contributed by atoms with Crippen molar-refractivity contribution in [2.45, 2.75) is 312 Å². The van der Waals surface area contributed by atoms with Crippen LogP contribution in [0.2, 0.25) is 0 Å². The van der Waals surface area contributed by atoms with E-state index in [1.807, 2.05) is 13.8 Å². The Balaban J connectivity index is 0.747. The smallest absolute Gasteiger partial charge is 0.410 e. The Bertz CT molecular complexity index is 5220. The van der Waals surface area contributed by atoms with Gasteiger partial charge in [-0.05, 0) is 91.2 Å². The Morgan fingerprint density at radius 3 is 1.93 bits per heavy atom. The van der Waals surface area contributed by atoms with E-state index in [-0.39, 0.29) is 79.1 Å². The highest BCUT2D eigenvalue weighted by Crippen LogP contribution is 2.45. The number of likely N-dealkylation sites (N-methyl/N-ethyl adjacent to an activating group) is 2. The number of carboxylic acid groups (broad SMARTS) is 1. The van der Waals surface area contributed by atoms with Crippen molar-refractivity contribution in [3.05, 3.63) is 120 Å². The molecule has 1 aromatic heterocycles. The molecule has 47 heteroatoms. The number of ether oxygens (including phenoxy) is 9. The summed E-state index contributed by atoms with van der Waals surface area (Å²) in [6, 6.07) is 18.6. The van der Waals surface area contributed by atoms with Crippen LogP contribution in [0.5, 0.6) is 0 Å². The second-order valence-electron chi connectivity index (χ2n) is 39.3. The minimum atomic E-state index is -2.94. The largest absolute Gasteiger partial charge is 0.477 e. The lowest BCUT2D eigenvalue weighted by atomic mass is 9.89. The average molecular weight is 2070 g/mol. The zero-order chi connectivity index (χ0) is 108. The van der Waals surface area contributed by atoms with Crippen LogP contribution in [0, 0.1) is 29.6 Å². The summed E-state index contributed by atoms with van der Waals surface area (Å²) in [5.41, 5.74) is 7.92. The quantitative estimate of drug-likeness (QED) is 0.0183. The molecule has 5 aromatic rings. The first-order valence-electron chi connectivity index (χ1n) is 49.5. The number of hydrogen-bond acceptors (Lipinski definition) is 34. The molecule has 11 amide bonds. The first kappa shape index (κ1) is 118. The second-order valence-corrected chi connectivity index (χ2v) is 39.3. The Morgan fingerprint density at radius 2 is 1.32 bits per heavy atom. The van der Waals surface area contributed by atoms with Gasteiger partial charge in [0, 0.05) is 103 Å². The molecule has 4 aromatic carbocycles. The van der Waals surface area contributed by atoms with Gasteiger partial charge in [-0.2, -0.15) is 0 Å². The summed E-state index contributed by atoms with van der Waals surface area (Å²) >= 11 is 0. The van der Waals surface area contributed by atoms with E-state index >= 15 is 4.79 Å². The van der Waals surface area contributed by atoms with Crippen LogP contribution in [-0.2, 0) is 98.9 Å². The molecule has 0 radical (unpaired) electrons. The number of primary amides is 1. The number of amides is 11. The number of aliphatic hydroxyl groups is 11. The van der Waals surface area contributed by atoms with Gasteiger partial charge in [0.1, 0.15) is 116 Å². The number of aromatic nitrogens is 3. The summed E-state index contributed by atoms with van der Waals surface area (Å²) < 4.78 is 53.3. The number of benzene rings is 4. The third kappa shape index (κ3) is 28.6. The van der Waals surface area contributed by atoms with Gasteiger partial charge in [0.05, 0.1) is 68.3 Å². The van der Waals surface area contributed by atoms with Crippen LogP contribution >= 0.6 is 0 Å². The molecular formula is C100H147N15O32. The molecule has 4 fully saturated rings. The molecule has 21 N–H and O–H groups in total. The predicted molar refractivity (Wildman–Crippen MR) is 524 cm³/mol. The Hall–Kier alpha value is -11.0. The Morgan fingerprint density at radius 1 is 0.687 bits per heavy atom. The number of carboxylic acids is 1. The van der Waals surface area contributed by atoms with Crippen LogP contribution in [0.15, 0.2) is 103 Å². The number of anilines is 2. The summed E-state index contributed by atoms with van der Waals surface area (Å²) in [6.07, 6.45) is -30.0. The number of rotatable bonds is 48. The number of para-hydroxylation sites is 1. The zero-order valence-corrected chi connectivity index (χ0v) is 85.6. The molecule has 29 unspecified atom stereocenters. The van der Waals surface area contributed by atoms with Gasteiger partial charge in [-0.1, -0.05) is 159 Å². The third-order valence-electron chi connectivity index (χ3n) is 28.0. The van der Waals surface area contributed by atoms with Crippen molar-refractivity contribution in [1.82, 2.24) is 61.6 Å². The number of aliphatic carboxylic acids is 1. The number of nitrogens with zero attached hydrogens (tertiary/aromatic N) is 7. The molecule has 10 rings (SSSR count). The molecule has 4 saturated heterocycles. The number of carbonyl (C=O) groups is 11. The molecule has 6 heterocycles. The average Bonchev–Trinajstić information content (AvgIpc) is 1.62. The van der Waals surface area contributed by atoms with Crippen molar-refractivity contribution in [2.24, 2.45) is 35.3 Å². The van der Waals surface area contributed by atoms with Crippen LogP contribution in [-0.4, -0.2) is 370 Å². The van der Waals surface area contributed by atoms with Crippen LogP contribution in [0.1, 0.15) is 163 Å². The lowest BCUT2D eigenvalue weighted by Gasteiger charge is -2.47. The Kier molecular flexibility index (Phi) is 42.8. The summed E-state index contributed by atoms with van der Waals surface area (Å²) in [4.78, 5) is 160. The number of carbonyl (C=O) groups excluding carboxylic acids is 10. The minimum Gasteiger partial charge on any atom is -0.477 e. The first-order chi connectivity index (χ1) is 69.7. The van der Waals surface area contributed by atoms with Crippen molar-refractivity contribution in [1.29, 1.82) is 0 Å². The van der Waals surface area contributed by atoms with Crippen molar-refractivity contribution in [3.8, 4) is 22.5 Å². The van der Waals surface area contributed by atoms with E-state index in [4.69, 9.17) is 48.4 Å². The van der Waals surface area contributed by atoms with Crippen LogP contribution in [0.3, 0.4) is 0 Å². The molecule has 0 aliphatic carbocycles. The predicted octanol–water partition coefficient (Wildman–Crippen LogP) is 0.218. The van der Waals surface area contributed by atoms with E-state index in [0.717, 1.165) is 23.6 Å². The Labute approximate surface area is 852 Å². The topological polar surface area (TPSA) is 668 Å². The second kappa shape index (κ2) is 53.4. The fourth-order valence-electron chi connectivity index (χ4n) is 19.6. The molecule has 0 saturated carbocycles. The third-order valence-corrected chi connectivity index (χ3v) is 28.0. The molecule has 5 aliphatic rings. The highest BCUT2D eigenvalue weighted by Gasteiger charge is 2.58. The summed E-state index contributed by atoms with van der Waals surface area (Å²) in [6.45, 7) is 17.0. The SMILES string of the molecule is CCC(C)C(C(CC(=O)N1CCCC1C(OC)C(C)C(O)NC(C)C(OC1OC(CO)C(O)C(O)C1O)c1ccccc1)OC)N(C)C(=O)C(NC(=O)C(C(C)C)N(C)C(=O)OCc1ccc(NC(=O)C(CCCNC(N)=O)NC(=O)C(NC(=O)CCC(=O)N2Cc3ccccc3-c3nnn(C(O)C(O)C4OC(OCC5OC(OC)C(O)C(O)C5O)(C(=O)O)CC(O)C4NC(C)=O)c3-c3ccccc32)C(C)C)cc1)C(C)C. The highest BCUT2D eigenvalue weighted by molar-refractivity contribution is 6.02. The number of fused-ring (bicyclic) bond motifs is 5. The minimum absolute atomic E-state index is 0.00496. The monoisotopic (exact) mass is 2070 g/mol. The number of likely N-dealkylation sites (tertiary alicyclic amines) is 1. The van der Waals surface area contributed by atoms with Gasteiger partial charge in [0.15, 0.2) is 18.8 Å². The normalized spacial score (nSPS) is 25.3.